The van der Waals surface area contributed by atoms with Crippen molar-refractivity contribution in [3.8, 4) is 5.75 Å². The Hall–Kier alpha value is -1.83. The Morgan fingerprint density at radius 2 is 1.96 bits per heavy atom. The monoisotopic (exact) mass is 382 g/mol. The molecule has 7 nitrogen and oxygen atoms in total. The average molecular weight is 383 g/mol. The molecule has 2 fully saturated rings. The van der Waals surface area contributed by atoms with Crippen LogP contribution in [-0.2, 0) is 9.59 Å². The summed E-state index contributed by atoms with van der Waals surface area (Å²) in [7, 11) is 1.58. The normalized spacial score (nSPS) is 20.3. The number of hydrogen-bond donors (Lipinski definition) is 2. The van der Waals surface area contributed by atoms with Crippen molar-refractivity contribution in [3.05, 3.63) is 24.3 Å². The molecule has 0 spiro atoms. The Balaban J connectivity index is 0.00000243. The van der Waals surface area contributed by atoms with Gasteiger partial charge in [0.1, 0.15) is 5.75 Å². The van der Waals surface area contributed by atoms with E-state index >= 15 is 0 Å². The standard InChI is InChI=1S/C18H26N4O3.ClH/c1-25-16-7-3-2-5-14(16)20-17(23)13-21-9-11-22(12-10-21)18(24)15-6-4-8-19-15;/h2-3,5,7,15,19H,4,6,8-13H2,1H3,(H,20,23);1H. The molecule has 0 radical (unpaired) electrons. The number of amides is 2. The lowest BCUT2D eigenvalue weighted by atomic mass is 10.2. The van der Waals surface area contributed by atoms with Gasteiger partial charge in [-0.25, -0.2) is 0 Å². The van der Waals surface area contributed by atoms with Crippen molar-refractivity contribution in [3.63, 3.8) is 0 Å². The summed E-state index contributed by atoms with van der Waals surface area (Å²) in [4.78, 5) is 28.7. The molecule has 1 atom stereocenters. The molecule has 0 saturated carbocycles. The average Bonchev–Trinajstić information content (AvgIpc) is 3.17. The van der Waals surface area contributed by atoms with Gasteiger partial charge in [-0.15, -0.1) is 12.4 Å². The molecule has 2 aliphatic heterocycles. The molecule has 144 valence electrons. The van der Waals surface area contributed by atoms with Crippen molar-refractivity contribution in [2.45, 2.75) is 18.9 Å². The SMILES string of the molecule is COc1ccccc1NC(=O)CN1CCN(C(=O)C2CCCN2)CC1.Cl. The number of ether oxygens (including phenoxy) is 1. The first-order chi connectivity index (χ1) is 12.2. The predicted octanol–water partition coefficient (Wildman–Crippen LogP) is 0.952. The Bertz CT molecular complexity index is 614. The molecule has 2 saturated heterocycles. The van der Waals surface area contributed by atoms with Crippen LogP contribution in [0.1, 0.15) is 12.8 Å². The summed E-state index contributed by atoms with van der Waals surface area (Å²) in [5, 5.41) is 6.15. The first-order valence-corrected chi connectivity index (χ1v) is 8.85. The van der Waals surface area contributed by atoms with Gasteiger partial charge in [0.15, 0.2) is 0 Å². The van der Waals surface area contributed by atoms with Gasteiger partial charge in [0.25, 0.3) is 0 Å². The largest absolute Gasteiger partial charge is 0.495 e. The van der Waals surface area contributed by atoms with Gasteiger partial charge in [0.2, 0.25) is 11.8 Å². The van der Waals surface area contributed by atoms with Crippen LogP contribution < -0.4 is 15.4 Å². The molecule has 1 unspecified atom stereocenters. The number of para-hydroxylation sites is 2. The van der Waals surface area contributed by atoms with E-state index in [1.807, 2.05) is 29.2 Å². The summed E-state index contributed by atoms with van der Waals surface area (Å²) in [6, 6.07) is 7.35. The Kier molecular flexibility index (Phi) is 7.68. The Morgan fingerprint density at radius 1 is 1.23 bits per heavy atom. The van der Waals surface area contributed by atoms with E-state index in [-0.39, 0.29) is 30.3 Å². The first-order valence-electron chi connectivity index (χ1n) is 8.85. The van der Waals surface area contributed by atoms with Crippen LogP contribution in [0.2, 0.25) is 0 Å². The van der Waals surface area contributed by atoms with E-state index in [9.17, 15) is 9.59 Å². The van der Waals surface area contributed by atoms with Crippen LogP contribution in [0, 0.1) is 0 Å². The van der Waals surface area contributed by atoms with E-state index < -0.39 is 0 Å². The lowest BCUT2D eigenvalue weighted by Crippen LogP contribution is -2.54. The summed E-state index contributed by atoms with van der Waals surface area (Å²) < 4.78 is 5.25. The zero-order chi connectivity index (χ0) is 17.6. The van der Waals surface area contributed by atoms with Gasteiger partial charge in [-0.05, 0) is 31.5 Å². The molecule has 1 aromatic carbocycles. The second-order valence-corrected chi connectivity index (χ2v) is 6.50. The number of carbonyl (C=O) groups is 2. The van der Waals surface area contributed by atoms with Crippen molar-refractivity contribution in [1.29, 1.82) is 0 Å². The van der Waals surface area contributed by atoms with E-state index in [0.29, 0.717) is 31.1 Å². The van der Waals surface area contributed by atoms with Gasteiger partial charge in [0.05, 0.1) is 25.4 Å². The highest BCUT2D eigenvalue weighted by molar-refractivity contribution is 5.93. The van der Waals surface area contributed by atoms with Gasteiger partial charge >= 0.3 is 0 Å². The highest BCUT2D eigenvalue weighted by Crippen LogP contribution is 2.22. The molecule has 1 aromatic rings. The van der Waals surface area contributed by atoms with E-state index in [4.69, 9.17) is 4.74 Å². The summed E-state index contributed by atoms with van der Waals surface area (Å²) in [5.74, 6) is 0.785. The van der Waals surface area contributed by atoms with Crippen LogP contribution >= 0.6 is 12.4 Å². The third kappa shape index (κ3) is 5.09. The van der Waals surface area contributed by atoms with Crippen LogP contribution in [0.25, 0.3) is 0 Å². The summed E-state index contributed by atoms with van der Waals surface area (Å²) in [6.45, 7) is 4.05. The fourth-order valence-electron chi connectivity index (χ4n) is 3.38. The molecule has 2 aliphatic rings. The topological polar surface area (TPSA) is 73.9 Å². The fraction of sp³-hybridized carbons (Fsp3) is 0.556. The number of carbonyl (C=O) groups excluding carboxylic acids is 2. The van der Waals surface area contributed by atoms with Crippen LogP contribution in [0.15, 0.2) is 24.3 Å². The summed E-state index contributed by atoms with van der Waals surface area (Å²) in [5.41, 5.74) is 0.677. The third-order valence-corrected chi connectivity index (χ3v) is 4.79. The summed E-state index contributed by atoms with van der Waals surface area (Å²) >= 11 is 0. The zero-order valence-electron chi connectivity index (χ0n) is 15.1. The van der Waals surface area contributed by atoms with Gasteiger partial charge in [-0.1, -0.05) is 12.1 Å². The lowest BCUT2D eigenvalue weighted by Gasteiger charge is -2.35. The minimum Gasteiger partial charge on any atom is -0.495 e. The lowest BCUT2D eigenvalue weighted by molar-refractivity contribution is -0.135. The van der Waals surface area contributed by atoms with Gasteiger partial charge in [-0.3, -0.25) is 14.5 Å². The molecule has 2 amide bonds. The quantitative estimate of drug-likeness (QED) is 0.793. The fourth-order valence-corrected chi connectivity index (χ4v) is 3.38. The molecular weight excluding hydrogens is 356 g/mol. The number of nitrogens with one attached hydrogen (secondary N) is 2. The molecule has 0 aliphatic carbocycles. The molecule has 0 bridgehead atoms. The van der Waals surface area contributed by atoms with Gasteiger partial charge in [0, 0.05) is 26.2 Å². The number of anilines is 1. The Labute approximate surface area is 160 Å². The van der Waals surface area contributed by atoms with E-state index in [2.05, 4.69) is 15.5 Å². The number of methoxy groups -OCH3 is 1. The third-order valence-electron chi connectivity index (χ3n) is 4.79. The first kappa shape index (κ1) is 20.5. The zero-order valence-corrected chi connectivity index (χ0v) is 15.9. The second-order valence-electron chi connectivity index (χ2n) is 6.50. The summed E-state index contributed by atoms with van der Waals surface area (Å²) in [6.07, 6.45) is 2.00. The minimum atomic E-state index is -0.0678. The molecule has 8 heteroatoms. The van der Waals surface area contributed by atoms with Gasteiger partial charge < -0.3 is 20.3 Å². The van der Waals surface area contributed by atoms with Crippen molar-refractivity contribution < 1.29 is 14.3 Å². The minimum absolute atomic E-state index is 0. The number of benzene rings is 1. The van der Waals surface area contributed by atoms with Crippen LogP contribution in [-0.4, -0.2) is 74.0 Å². The maximum absolute atomic E-state index is 12.4. The van der Waals surface area contributed by atoms with Crippen molar-refractivity contribution >= 4 is 29.9 Å². The van der Waals surface area contributed by atoms with Gasteiger partial charge in [-0.2, -0.15) is 0 Å². The number of rotatable bonds is 5. The molecular formula is C18H27ClN4O3. The predicted molar refractivity (Wildman–Crippen MR) is 103 cm³/mol. The molecule has 2 N–H and O–H groups in total. The van der Waals surface area contributed by atoms with E-state index in [0.717, 1.165) is 32.5 Å². The highest BCUT2D eigenvalue weighted by atomic mass is 35.5. The molecule has 0 aromatic heterocycles. The number of halogens is 1. The van der Waals surface area contributed by atoms with E-state index in [1.54, 1.807) is 7.11 Å². The van der Waals surface area contributed by atoms with Crippen molar-refractivity contribution in [2.75, 3.05) is 51.7 Å². The second kappa shape index (κ2) is 9.75. The van der Waals surface area contributed by atoms with Crippen molar-refractivity contribution in [2.24, 2.45) is 0 Å². The molecule has 3 rings (SSSR count). The van der Waals surface area contributed by atoms with Crippen LogP contribution in [0.5, 0.6) is 5.75 Å². The smallest absolute Gasteiger partial charge is 0.239 e. The Morgan fingerprint density at radius 3 is 2.62 bits per heavy atom. The molecule has 2 heterocycles. The van der Waals surface area contributed by atoms with Crippen LogP contribution in [0.4, 0.5) is 5.69 Å². The number of nitrogens with zero attached hydrogens (tertiary/aromatic N) is 2. The number of piperazine rings is 1. The van der Waals surface area contributed by atoms with E-state index in [1.165, 1.54) is 0 Å². The molecule has 26 heavy (non-hydrogen) atoms. The number of hydrogen-bond acceptors (Lipinski definition) is 5. The highest BCUT2D eigenvalue weighted by Gasteiger charge is 2.29. The van der Waals surface area contributed by atoms with Crippen molar-refractivity contribution in [1.82, 2.24) is 15.1 Å². The maximum Gasteiger partial charge on any atom is 0.239 e. The van der Waals surface area contributed by atoms with Crippen LogP contribution in [0.3, 0.4) is 0 Å². The maximum atomic E-state index is 12.4.